The zero-order valence-corrected chi connectivity index (χ0v) is 10.4. The van der Waals surface area contributed by atoms with Crippen molar-refractivity contribution in [1.82, 2.24) is 4.98 Å². The van der Waals surface area contributed by atoms with E-state index in [2.05, 4.69) is 4.98 Å². The molecule has 0 aliphatic heterocycles. The summed E-state index contributed by atoms with van der Waals surface area (Å²) in [6, 6.07) is 9.19. The molecular formula is C14H15N3O. The van der Waals surface area contributed by atoms with Crippen molar-refractivity contribution in [3.63, 3.8) is 0 Å². The molecule has 3 N–H and O–H groups in total. The van der Waals surface area contributed by atoms with Gasteiger partial charge >= 0.3 is 0 Å². The third-order valence-corrected chi connectivity index (χ3v) is 2.60. The molecule has 0 saturated heterocycles. The van der Waals surface area contributed by atoms with Crippen molar-refractivity contribution >= 4 is 5.84 Å². The summed E-state index contributed by atoms with van der Waals surface area (Å²) < 4.78 is 5.73. The molecule has 1 aromatic carbocycles. The summed E-state index contributed by atoms with van der Waals surface area (Å²) in [6.07, 6.45) is 1.69. The molecule has 0 spiro atoms. The van der Waals surface area contributed by atoms with E-state index in [1.807, 2.05) is 38.1 Å². The Morgan fingerprint density at radius 1 is 1.22 bits per heavy atom. The first-order valence-electron chi connectivity index (χ1n) is 5.62. The van der Waals surface area contributed by atoms with Gasteiger partial charge in [0, 0.05) is 11.3 Å². The van der Waals surface area contributed by atoms with Gasteiger partial charge in [0.25, 0.3) is 0 Å². The van der Waals surface area contributed by atoms with Gasteiger partial charge in [-0.2, -0.15) is 0 Å². The largest absolute Gasteiger partial charge is 0.455 e. The van der Waals surface area contributed by atoms with Crippen molar-refractivity contribution < 1.29 is 4.74 Å². The second kappa shape index (κ2) is 4.87. The fourth-order valence-corrected chi connectivity index (χ4v) is 1.57. The summed E-state index contributed by atoms with van der Waals surface area (Å²) in [5, 5.41) is 7.37. The van der Waals surface area contributed by atoms with Crippen LogP contribution in [0.4, 0.5) is 0 Å². The third kappa shape index (κ3) is 2.66. The Kier molecular flexibility index (Phi) is 3.28. The lowest BCUT2D eigenvalue weighted by molar-refractivity contribution is 0.476. The summed E-state index contributed by atoms with van der Waals surface area (Å²) >= 11 is 0. The number of aromatic nitrogens is 1. The molecule has 92 valence electrons. The van der Waals surface area contributed by atoms with E-state index in [9.17, 15) is 0 Å². The summed E-state index contributed by atoms with van der Waals surface area (Å²) in [7, 11) is 0. The average molecular weight is 241 g/mol. The minimum absolute atomic E-state index is 0.0571. The minimum atomic E-state index is 0.0571. The molecule has 0 aliphatic carbocycles. The maximum atomic E-state index is 7.37. The molecule has 0 unspecified atom stereocenters. The Bertz CT molecular complexity index is 576. The Balaban J connectivity index is 2.24. The maximum absolute atomic E-state index is 7.37. The van der Waals surface area contributed by atoms with Gasteiger partial charge in [0.05, 0.1) is 6.20 Å². The SMILES string of the molecule is Cc1ccc(Oc2ccc(C(=N)N)cc2C)cn1. The van der Waals surface area contributed by atoms with Gasteiger partial charge in [-0.3, -0.25) is 10.4 Å². The Morgan fingerprint density at radius 2 is 2.00 bits per heavy atom. The van der Waals surface area contributed by atoms with E-state index < -0.39 is 0 Å². The molecule has 0 fully saturated rings. The first kappa shape index (κ1) is 12.1. The van der Waals surface area contributed by atoms with Gasteiger partial charge < -0.3 is 10.5 Å². The van der Waals surface area contributed by atoms with Gasteiger partial charge in [-0.25, -0.2) is 0 Å². The van der Waals surface area contributed by atoms with Crippen LogP contribution in [-0.2, 0) is 0 Å². The molecule has 0 amide bonds. The van der Waals surface area contributed by atoms with Gasteiger partial charge in [-0.05, 0) is 49.7 Å². The fraction of sp³-hybridized carbons (Fsp3) is 0.143. The summed E-state index contributed by atoms with van der Waals surface area (Å²) in [5.41, 5.74) is 8.01. The highest BCUT2D eigenvalue weighted by Crippen LogP contribution is 2.25. The highest BCUT2D eigenvalue weighted by molar-refractivity contribution is 5.95. The highest BCUT2D eigenvalue weighted by Gasteiger charge is 2.04. The zero-order chi connectivity index (χ0) is 13.1. The summed E-state index contributed by atoms with van der Waals surface area (Å²) in [4.78, 5) is 4.17. The summed E-state index contributed by atoms with van der Waals surface area (Å²) in [6.45, 7) is 3.85. The second-order valence-electron chi connectivity index (χ2n) is 4.13. The highest BCUT2D eigenvalue weighted by atomic mass is 16.5. The van der Waals surface area contributed by atoms with E-state index in [1.54, 1.807) is 12.3 Å². The second-order valence-corrected chi connectivity index (χ2v) is 4.13. The molecule has 0 aliphatic rings. The molecule has 0 radical (unpaired) electrons. The number of aryl methyl sites for hydroxylation is 2. The van der Waals surface area contributed by atoms with Crippen molar-refractivity contribution in [3.05, 3.63) is 53.3 Å². The van der Waals surface area contributed by atoms with Gasteiger partial charge in [0.1, 0.15) is 17.3 Å². The molecule has 0 bridgehead atoms. The molecule has 1 aromatic heterocycles. The molecular weight excluding hydrogens is 226 g/mol. The van der Waals surface area contributed by atoms with Crippen LogP contribution < -0.4 is 10.5 Å². The number of hydrogen-bond acceptors (Lipinski definition) is 3. The van der Waals surface area contributed by atoms with Crippen LogP contribution in [0.5, 0.6) is 11.5 Å². The van der Waals surface area contributed by atoms with Crippen LogP contribution in [0.3, 0.4) is 0 Å². The first-order chi connectivity index (χ1) is 8.56. The van der Waals surface area contributed by atoms with Crippen LogP contribution in [0.25, 0.3) is 0 Å². The number of amidine groups is 1. The quantitative estimate of drug-likeness (QED) is 0.641. The van der Waals surface area contributed by atoms with Crippen molar-refractivity contribution in [1.29, 1.82) is 5.41 Å². The molecule has 2 rings (SSSR count). The van der Waals surface area contributed by atoms with E-state index in [0.29, 0.717) is 11.3 Å². The average Bonchev–Trinajstić information content (AvgIpc) is 2.34. The lowest BCUT2D eigenvalue weighted by Gasteiger charge is -2.09. The maximum Gasteiger partial charge on any atom is 0.145 e. The normalized spacial score (nSPS) is 10.1. The number of nitrogens with two attached hydrogens (primary N) is 1. The Labute approximate surface area is 106 Å². The molecule has 1 heterocycles. The number of benzene rings is 1. The monoisotopic (exact) mass is 241 g/mol. The number of nitrogen functional groups attached to an aromatic ring is 1. The van der Waals surface area contributed by atoms with Crippen molar-refractivity contribution in [2.24, 2.45) is 5.73 Å². The van der Waals surface area contributed by atoms with Crippen molar-refractivity contribution in [2.45, 2.75) is 13.8 Å². The van der Waals surface area contributed by atoms with Gasteiger partial charge in [-0.1, -0.05) is 0 Å². The van der Waals surface area contributed by atoms with Crippen LogP contribution >= 0.6 is 0 Å². The minimum Gasteiger partial charge on any atom is -0.455 e. The smallest absolute Gasteiger partial charge is 0.145 e. The van der Waals surface area contributed by atoms with Gasteiger partial charge in [0.15, 0.2) is 0 Å². The predicted molar refractivity (Wildman–Crippen MR) is 71.2 cm³/mol. The van der Waals surface area contributed by atoms with E-state index in [4.69, 9.17) is 15.9 Å². The van der Waals surface area contributed by atoms with E-state index in [1.165, 1.54) is 0 Å². The van der Waals surface area contributed by atoms with Crippen LogP contribution in [-0.4, -0.2) is 10.8 Å². The summed E-state index contributed by atoms with van der Waals surface area (Å²) in [5.74, 6) is 1.49. The first-order valence-corrected chi connectivity index (χ1v) is 5.62. The standard InChI is InChI=1S/C14H15N3O/c1-9-7-11(14(15)16)4-6-13(9)18-12-5-3-10(2)17-8-12/h3-8H,1-2H3,(H3,15,16). The van der Waals surface area contributed by atoms with Crippen LogP contribution in [0.15, 0.2) is 36.5 Å². The van der Waals surface area contributed by atoms with Crippen LogP contribution in [0.2, 0.25) is 0 Å². The number of nitrogens with one attached hydrogen (secondary N) is 1. The molecule has 4 nitrogen and oxygen atoms in total. The Morgan fingerprint density at radius 3 is 2.56 bits per heavy atom. The molecule has 2 aromatic rings. The Hall–Kier alpha value is -2.36. The van der Waals surface area contributed by atoms with Crippen molar-refractivity contribution in [2.75, 3.05) is 0 Å². The predicted octanol–water partition coefficient (Wildman–Crippen LogP) is 2.77. The number of rotatable bonds is 3. The zero-order valence-electron chi connectivity index (χ0n) is 10.4. The lowest BCUT2D eigenvalue weighted by Crippen LogP contribution is -2.11. The van der Waals surface area contributed by atoms with Gasteiger partial charge in [-0.15, -0.1) is 0 Å². The van der Waals surface area contributed by atoms with Gasteiger partial charge in [0.2, 0.25) is 0 Å². The lowest BCUT2D eigenvalue weighted by atomic mass is 10.1. The van der Waals surface area contributed by atoms with E-state index in [-0.39, 0.29) is 5.84 Å². The third-order valence-electron chi connectivity index (χ3n) is 2.60. The topological polar surface area (TPSA) is 72.0 Å². The number of ether oxygens (including phenoxy) is 1. The fourth-order valence-electron chi connectivity index (χ4n) is 1.57. The van der Waals surface area contributed by atoms with Crippen molar-refractivity contribution in [3.8, 4) is 11.5 Å². The van der Waals surface area contributed by atoms with E-state index in [0.717, 1.165) is 17.0 Å². The van der Waals surface area contributed by atoms with Crippen LogP contribution in [0, 0.1) is 19.3 Å². The number of pyridine rings is 1. The molecule has 0 atom stereocenters. The van der Waals surface area contributed by atoms with Crippen LogP contribution in [0.1, 0.15) is 16.8 Å². The molecule has 0 saturated carbocycles. The van der Waals surface area contributed by atoms with E-state index >= 15 is 0 Å². The number of nitrogens with zero attached hydrogens (tertiary/aromatic N) is 1. The molecule has 18 heavy (non-hydrogen) atoms. The molecule has 4 heteroatoms. The number of hydrogen-bond donors (Lipinski definition) is 2.